The molecule has 1 atom stereocenters. The smallest absolute Gasteiger partial charge is 0.255 e. The zero-order valence-electron chi connectivity index (χ0n) is 14.3. The summed E-state index contributed by atoms with van der Waals surface area (Å²) in [6.07, 6.45) is 1.95. The number of aromatic nitrogens is 3. The maximum absolute atomic E-state index is 12.9. The van der Waals surface area contributed by atoms with Crippen LogP contribution in [0.5, 0.6) is 0 Å². The lowest BCUT2D eigenvalue weighted by Crippen LogP contribution is -2.39. The van der Waals surface area contributed by atoms with Crippen molar-refractivity contribution in [2.24, 2.45) is 0 Å². The predicted molar refractivity (Wildman–Crippen MR) is 86.5 cm³/mol. The van der Waals surface area contributed by atoms with E-state index in [2.05, 4.69) is 21.6 Å². The molecule has 0 bridgehead atoms. The highest BCUT2D eigenvalue weighted by atomic mass is 16.5. The van der Waals surface area contributed by atoms with Crippen LogP contribution in [-0.2, 0) is 6.54 Å². The largest absolute Gasteiger partial charge is 0.349 e. The third-order valence-electron chi connectivity index (χ3n) is 4.72. The molecule has 0 N–H and O–H groups in total. The molecule has 3 rings (SSSR count). The number of nitrogens with zero attached hydrogens (tertiary/aromatic N) is 4. The van der Waals surface area contributed by atoms with Crippen LogP contribution >= 0.6 is 0 Å². The van der Waals surface area contributed by atoms with Crippen LogP contribution in [0.2, 0.25) is 0 Å². The lowest BCUT2D eigenvalue weighted by atomic mass is 9.97. The summed E-state index contributed by atoms with van der Waals surface area (Å²) < 4.78 is 7.48. The van der Waals surface area contributed by atoms with Gasteiger partial charge in [-0.25, -0.2) is 0 Å². The standard InChI is InChI=1S/C17H24N4O2/c1-5-21-11(2)9-15(12(21)3)17(22)20-8-6-7-14(10-20)16-18-13(4)19-23-16/h9,14H,5-8,10H2,1-4H3. The van der Waals surface area contributed by atoms with Crippen LogP contribution in [0.1, 0.15) is 59.1 Å². The van der Waals surface area contributed by atoms with Crippen LogP contribution < -0.4 is 0 Å². The Balaban J connectivity index is 1.80. The van der Waals surface area contributed by atoms with Gasteiger partial charge in [-0.15, -0.1) is 0 Å². The second-order valence-electron chi connectivity index (χ2n) is 6.30. The predicted octanol–water partition coefficient (Wildman–Crippen LogP) is 2.84. The molecule has 6 nitrogen and oxygen atoms in total. The third kappa shape index (κ3) is 2.90. The van der Waals surface area contributed by atoms with Gasteiger partial charge in [0.1, 0.15) is 0 Å². The van der Waals surface area contributed by atoms with E-state index in [1.54, 1.807) is 0 Å². The number of rotatable bonds is 3. The summed E-state index contributed by atoms with van der Waals surface area (Å²) >= 11 is 0. The fourth-order valence-electron chi connectivity index (χ4n) is 3.52. The second kappa shape index (κ2) is 6.18. The van der Waals surface area contributed by atoms with Crippen LogP contribution in [0.3, 0.4) is 0 Å². The quantitative estimate of drug-likeness (QED) is 0.873. The van der Waals surface area contributed by atoms with Crippen molar-refractivity contribution in [1.29, 1.82) is 0 Å². The zero-order valence-corrected chi connectivity index (χ0v) is 14.3. The monoisotopic (exact) mass is 316 g/mol. The minimum atomic E-state index is 0.110. The first-order chi connectivity index (χ1) is 11.0. The Morgan fingerprint density at radius 2 is 2.17 bits per heavy atom. The first kappa shape index (κ1) is 15.8. The summed E-state index contributed by atoms with van der Waals surface area (Å²) in [5.41, 5.74) is 2.99. The van der Waals surface area contributed by atoms with Crippen molar-refractivity contribution in [1.82, 2.24) is 19.6 Å². The molecule has 124 valence electrons. The molecule has 1 aliphatic rings. The van der Waals surface area contributed by atoms with Crippen LogP contribution in [0.4, 0.5) is 0 Å². The summed E-state index contributed by atoms with van der Waals surface area (Å²) in [4.78, 5) is 19.2. The van der Waals surface area contributed by atoms with Crippen LogP contribution in [0.25, 0.3) is 0 Å². The number of likely N-dealkylation sites (tertiary alicyclic amines) is 1. The van der Waals surface area contributed by atoms with Crippen LogP contribution in [-0.4, -0.2) is 38.6 Å². The number of piperidine rings is 1. The number of hydrogen-bond donors (Lipinski definition) is 0. The normalized spacial score (nSPS) is 18.4. The molecule has 1 aliphatic heterocycles. The first-order valence-corrected chi connectivity index (χ1v) is 8.27. The fraction of sp³-hybridized carbons (Fsp3) is 0.588. The summed E-state index contributed by atoms with van der Waals surface area (Å²) in [7, 11) is 0. The topological polar surface area (TPSA) is 64.2 Å². The fourth-order valence-corrected chi connectivity index (χ4v) is 3.52. The van der Waals surface area contributed by atoms with Gasteiger partial charge < -0.3 is 14.0 Å². The molecule has 1 unspecified atom stereocenters. The Kier molecular flexibility index (Phi) is 4.24. The van der Waals surface area contributed by atoms with Gasteiger partial charge in [0.15, 0.2) is 5.82 Å². The van der Waals surface area contributed by atoms with Crippen molar-refractivity contribution in [3.05, 3.63) is 34.7 Å². The minimum absolute atomic E-state index is 0.110. The van der Waals surface area contributed by atoms with E-state index >= 15 is 0 Å². The molecular weight excluding hydrogens is 292 g/mol. The maximum Gasteiger partial charge on any atom is 0.255 e. The van der Waals surface area contributed by atoms with Gasteiger partial charge in [-0.2, -0.15) is 4.98 Å². The van der Waals surface area contributed by atoms with Crippen molar-refractivity contribution in [3.63, 3.8) is 0 Å². The number of hydrogen-bond acceptors (Lipinski definition) is 4. The van der Waals surface area contributed by atoms with E-state index in [1.807, 2.05) is 31.7 Å². The van der Waals surface area contributed by atoms with E-state index in [0.29, 0.717) is 18.3 Å². The van der Waals surface area contributed by atoms with Gasteiger partial charge in [-0.05, 0) is 46.6 Å². The number of carbonyl (C=O) groups excluding carboxylic acids is 1. The molecule has 0 aromatic carbocycles. The Labute approximate surface area is 136 Å². The van der Waals surface area contributed by atoms with E-state index in [4.69, 9.17) is 4.52 Å². The summed E-state index contributed by atoms with van der Waals surface area (Å²) in [6, 6.07) is 2.00. The molecule has 0 spiro atoms. The molecule has 2 aromatic rings. The van der Waals surface area contributed by atoms with Gasteiger partial charge in [-0.3, -0.25) is 4.79 Å². The summed E-state index contributed by atoms with van der Waals surface area (Å²) in [6.45, 7) is 10.3. The average Bonchev–Trinajstić information content (AvgIpc) is 3.10. The van der Waals surface area contributed by atoms with E-state index in [-0.39, 0.29) is 11.8 Å². The Morgan fingerprint density at radius 3 is 2.78 bits per heavy atom. The molecule has 3 heterocycles. The number of carbonyl (C=O) groups is 1. The van der Waals surface area contributed by atoms with E-state index in [0.717, 1.165) is 42.9 Å². The van der Waals surface area contributed by atoms with Gasteiger partial charge in [0, 0.05) is 31.0 Å². The molecule has 2 aromatic heterocycles. The molecule has 0 aliphatic carbocycles. The van der Waals surface area contributed by atoms with Crippen molar-refractivity contribution in [2.75, 3.05) is 13.1 Å². The lowest BCUT2D eigenvalue weighted by molar-refractivity contribution is 0.0695. The average molecular weight is 316 g/mol. The van der Waals surface area contributed by atoms with E-state index in [1.165, 1.54) is 0 Å². The van der Waals surface area contributed by atoms with Crippen LogP contribution in [0.15, 0.2) is 10.6 Å². The van der Waals surface area contributed by atoms with Crippen molar-refractivity contribution in [2.45, 2.75) is 53.0 Å². The third-order valence-corrected chi connectivity index (χ3v) is 4.72. The minimum Gasteiger partial charge on any atom is -0.349 e. The molecular formula is C17H24N4O2. The maximum atomic E-state index is 12.9. The highest BCUT2D eigenvalue weighted by Gasteiger charge is 2.30. The van der Waals surface area contributed by atoms with E-state index in [9.17, 15) is 4.79 Å². The SMILES string of the molecule is CCn1c(C)cc(C(=O)N2CCCC(c3nc(C)no3)C2)c1C. The molecule has 0 saturated carbocycles. The Morgan fingerprint density at radius 1 is 1.39 bits per heavy atom. The zero-order chi connectivity index (χ0) is 16.6. The first-order valence-electron chi connectivity index (χ1n) is 8.27. The molecule has 1 saturated heterocycles. The molecule has 1 fully saturated rings. The highest BCUT2D eigenvalue weighted by molar-refractivity contribution is 5.95. The highest BCUT2D eigenvalue weighted by Crippen LogP contribution is 2.27. The van der Waals surface area contributed by atoms with Gasteiger partial charge in [-0.1, -0.05) is 5.16 Å². The van der Waals surface area contributed by atoms with Gasteiger partial charge >= 0.3 is 0 Å². The van der Waals surface area contributed by atoms with Gasteiger partial charge in [0.2, 0.25) is 5.89 Å². The molecule has 23 heavy (non-hydrogen) atoms. The van der Waals surface area contributed by atoms with Crippen molar-refractivity contribution in [3.8, 4) is 0 Å². The summed E-state index contributed by atoms with van der Waals surface area (Å²) in [5, 5.41) is 3.87. The van der Waals surface area contributed by atoms with Crippen molar-refractivity contribution < 1.29 is 9.32 Å². The second-order valence-corrected chi connectivity index (χ2v) is 6.30. The van der Waals surface area contributed by atoms with Crippen molar-refractivity contribution >= 4 is 5.91 Å². The number of aryl methyl sites for hydroxylation is 2. The Bertz CT molecular complexity index is 716. The number of amides is 1. The van der Waals surface area contributed by atoms with Crippen LogP contribution in [0, 0.1) is 20.8 Å². The van der Waals surface area contributed by atoms with E-state index < -0.39 is 0 Å². The summed E-state index contributed by atoms with van der Waals surface area (Å²) in [5.74, 6) is 1.55. The van der Waals surface area contributed by atoms with Gasteiger partial charge in [0.05, 0.1) is 11.5 Å². The molecule has 0 radical (unpaired) electrons. The van der Waals surface area contributed by atoms with Gasteiger partial charge in [0.25, 0.3) is 5.91 Å². The molecule has 1 amide bonds. The lowest BCUT2D eigenvalue weighted by Gasteiger charge is -2.31. The molecule has 6 heteroatoms. The Hall–Kier alpha value is -2.11.